The highest BCUT2D eigenvalue weighted by atomic mass is 16.3. The molecule has 0 spiro atoms. The number of aliphatic hydroxyl groups is 1. The Morgan fingerprint density at radius 1 is 1.40 bits per heavy atom. The standard InChI is InChI=1S/C16H23NO3/c1-10-6-14(10)15-4-2-13(20-15)3-5-16(19)17-9-11-7-12(18)8-11/h2,4,10-12,14,18H,3,5-9H2,1H3,(H,17,19). The summed E-state index contributed by atoms with van der Waals surface area (Å²) in [5.41, 5.74) is 0. The first-order chi connectivity index (χ1) is 9.61. The lowest BCUT2D eigenvalue weighted by Gasteiger charge is -2.31. The minimum Gasteiger partial charge on any atom is -0.466 e. The van der Waals surface area contributed by atoms with Crippen LogP contribution < -0.4 is 5.32 Å². The molecule has 1 heterocycles. The average Bonchev–Trinajstić information content (AvgIpc) is 2.93. The molecule has 2 aliphatic rings. The summed E-state index contributed by atoms with van der Waals surface area (Å²) in [6.07, 6.45) is 3.86. The molecule has 2 fully saturated rings. The fraction of sp³-hybridized carbons (Fsp3) is 0.688. The largest absolute Gasteiger partial charge is 0.466 e. The smallest absolute Gasteiger partial charge is 0.220 e. The minimum atomic E-state index is -0.150. The summed E-state index contributed by atoms with van der Waals surface area (Å²) < 4.78 is 5.79. The van der Waals surface area contributed by atoms with E-state index in [1.807, 2.05) is 6.07 Å². The molecular formula is C16H23NO3. The van der Waals surface area contributed by atoms with Crippen molar-refractivity contribution in [3.63, 3.8) is 0 Å². The van der Waals surface area contributed by atoms with Crippen LogP contribution in [0.5, 0.6) is 0 Å². The summed E-state index contributed by atoms with van der Waals surface area (Å²) in [5, 5.41) is 12.1. The summed E-state index contributed by atoms with van der Waals surface area (Å²) in [6, 6.07) is 4.05. The van der Waals surface area contributed by atoms with E-state index in [1.54, 1.807) is 0 Å². The van der Waals surface area contributed by atoms with Crippen molar-refractivity contribution in [3.8, 4) is 0 Å². The van der Waals surface area contributed by atoms with Gasteiger partial charge in [-0.25, -0.2) is 0 Å². The van der Waals surface area contributed by atoms with Gasteiger partial charge in [0.15, 0.2) is 0 Å². The molecule has 20 heavy (non-hydrogen) atoms. The third-order valence-corrected chi connectivity index (χ3v) is 4.55. The number of hydrogen-bond acceptors (Lipinski definition) is 3. The number of hydrogen-bond donors (Lipinski definition) is 2. The summed E-state index contributed by atoms with van der Waals surface area (Å²) >= 11 is 0. The number of carbonyl (C=O) groups excluding carboxylic acids is 1. The van der Waals surface area contributed by atoms with Gasteiger partial charge in [-0.2, -0.15) is 0 Å². The third-order valence-electron chi connectivity index (χ3n) is 4.55. The van der Waals surface area contributed by atoms with Gasteiger partial charge in [0.1, 0.15) is 11.5 Å². The second-order valence-electron chi connectivity index (χ2n) is 6.42. The Hall–Kier alpha value is -1.29. The maximum Gasteiger partial charge on any atom is 0.220 e. The van der Waals surface area contributed by atoms with Crippen LogP contribution >= 0.6 is 0 Å². The quantitative estimate of drug-likeness (QED) is 0.838. The van der Waals surface area contributed by atoms with E-state index < -0.39 is 0 Å². The fourth-order valence-electron chi connectivity index (χ4n) is 2.90. The van der Waals surface area contributed by atoms with E-state index in [0.717, 1.165) is 30.3 Å². The lowest BCUT2D eigenvalue weighted by atomic mass is 9.82. The Morgan fingerprint density at radius 2 is 2.15 bits per heavy atom. The highest BCUT2D eigenvalue weighted by molar-refractivity contribution is 5.76. The van der Waals surface area contributed by atoms with Gasteiger partial charge in [0, 0.05) is 25.3 Å². The number of rotatable bonds is 6. The number of aliphatic hydroxyl groups excluding tert-OH is 1. The number of aryl methyl sites for hydroxylation is 1. The van der Waals surface area contributed by atoms with Gasteiger partial charge in [-0.3, -0.25) is 4.79 Å². The van der Waals surface area contributed by atoms with Crippen LogP contribution in [0.3, 0.4) is 0 Å². The number of nitrogens with one attached hydrogen (secondary N) is 1. The van der Waals surface area contributed by atoms with Crippen molar-refractivity contribution in [2.24, 2.45) is 11.8 Å². The zero-order chi connectivity index (χ0) is 14.1. The number of furan rings is 1. The van der Waals surface area contributed by atoms with Crippen LogP contribution in [0.25, 0.3) is 0 Å². The van der Waals surface area contributed by atoms with Crippen LogP contribution in [-0.2, 0) is 11.2 Å². The van der Waals surface area contributed by atoms with E-state index >= 15 is 0 Å². The highest BCUT2D eigenvalue weighted by Crippen LogP contribution is 2.47. The Balaban J connectivity index is 1.36. The molecule has 3 rings (SSSR count). The zero-order valence-electron chi connectivity index (χ0n) is 12.0. The van der Waals surface area contributed by atoms with Gasteiger partial charge in [-0.15, -0.1) is 0 Å². The molecule has 110 valence electrons. The fourth-order valence-corrected chi connectivity index (χ4v) is 2.90. The second kappa shape index (κ2) is 5.60. The van der Waals surface area contributed by atoms with Gasteiger partial charge in [-0.1, -0.05) is 6.92 Å². The summed E-state index contributed by atoms with van der Waals surface area (Å²) in [6.45, 7) is 2.93. The molecule has 2 N–H and O–H groups in total. The molecule has 2 atom stereocenters. The molecule has 0 bridgehead atoms. The van der Waals surface area contributed by atoms with E-state index in [9.17, 15) is 9.90 Å². The van der Waals surface area contributed by atoms with Crippen LogP contribution in [0.15, 0.2) is 16.5 Å². The zero-order valence-corrected chi connectivity index (χ0v) is 12.0. The molecule has 4 heteroatoms. The number of amides is 1. The molecular weight excluding hydrogens is 254 g/mol. The molecule has 1 aromatic rings. The van der Waals surface area contributed by atoms with Crippen LogP contribution in [0, 0.1) is 11.8 Å². The molecule has 0 radical (unpaired) electrons. The molecule has 1 aromatic heterocycles. The van der Waals surface area contributed by atoms with Crippen LogP contribution in [-0.4, -0.2) is 23.7 Å². The SMILES string of the molecule is CC1CC1c1ccc(CCC(=O)NCC2CC(O)C2)o1. The average molecular weight is 277 g/mol. The lowest BCUT2D eigenvalue weighted by Crippen LogP contribution is -2.38. The summed E-state index contributed by atoms with van der Waals surface area (Å²) in [4.78, 5) is 11.7. The molecule has 0 aliphatic heterocycles. The van der Waals surface area contributed by atoms with Gasteiger partial charge in [0.2, 0.25) is 5.91 Å². The van der Waals surface area contributed by atoms with E-state index in [-0.39, 0.29) is 12.0 Å². The topological polar surface area (TPSA) is 62.5 Å². The van der Waals surface area contributed by atoms with Crippen LogP contribution in [0.4, 0.5) is 0 Å². The Labute approximate surface area is 119 Å². The molecule has 2 aliphatic carbocycles. The van der Waals surface area contributed by atoms with Crippen LogP contribution in [0.2, 0.25) is 0 Å². The predicted molar refractivity (Wildman–Crippen MR) is 75.3 cm³/mol. The second-order valence-corrected chi connectivity index (χ2v) is 6.42. The normalized spacial score (nSPS) is 31.7. The molecule has 0 saturated heterocycles. The monoisotopic (exact) mass is 277 g/mol. The van der Waals surface area contributed by atoms with Crippen molar-refractivity contribution in [2.75, 3.05) is 6.54 Å². The van der Waals surface area contributed by atoms with Gasteiger partial charge in [0.25, 0.3) is 0 Å². The first-order valence-corrected chi connectivity index (χ1v) is 7.65. The summed E-state index contributed by atoms with van der Waals surface area (Å²) in [5.74, 6) is 3.87. The highest BCUT2D eigenvalue weighted by Gasteiger charge is 2.36. The van der Waals surface area contributed by atoms with E-state index in [2.05, 4.69) is 18.3 Å². The molecule has 1 amide bonds. The van der Waals surface area contributed by atoms with Crippen molar-refractivity contribution >= 4 is 5.91 Å². The first kappa shape index (κ1) is 13.7. The van der Waals surface area contributed by atoms with Crippen molar-refractivity contribution in [2.45, 2.75) is 51.0 Å². The van der Waals surface area contributed by atoms with E-state index in [0.29, 0.717) is 31.2 Å². The number of carbonyl (C=O) groups is 1. The third kappa shape index (κ3) is 3.23. The lowest BCUT2D eigenvalue weighted by molar-refractivity contribution is -0.121. The summed E-state index contributed by atoms with van der Waals surface area (Å²) in [7, 11) is 0. The van der Waals surface area contributed by atoms with Crippen LogP contribution in [0.1, 0.15) is 50.0 Å². The van der Waals surface area contributed by atoms with Crippen molar-refractivity contribution in [1.29, 1.82) is 0 Å². The first-order valence-electron chi connectivity index (χ1n) is 7.65. The Kier molecular flexibility index (Phi) is 3.83. The Morgan fingerprint density at radius 3 is 2.80 bits per heavy atom. The maximum atomic E-state index is 11.7. The molecule has 2 unspecified atom stereocenters. The van der Waals surface area contributed by atoms with Gasteiger partial charge in [-0.05, 0) is 43.2 Å². The minimum absolute atomic E-state index is 0.0733. The molecule has 2 saturated carbocycles. The van der Waals surface area contributed by atoms with Gasteiger partial charge >= 0.3 is 0 Å². The maximum absolute atomic E-state index is 11.7. The van der Waals surface area contributed by atoms with E-state index in [1.165, 1.54) is 6.42 Å². The Bertz CT molecular complexity index is 476. The predicted octanol–water partition coefficient (Wildman–Crippen LogP) is 2.22. The van der Waals surface area contributed by atoms with Crippen molar-refractivity contribution in [3.05, 3.63) is 23.7 Å². The van der Waals surface area contributed by atoms with Crippen molar-refractivity contribution in [1.82, 2.24) is 5.32 Å². The van der Waals surface area contributed by atoms with E-state index in [4.69, 9.17) is 4.42 Å². The van der Waals surface area contributed by atoms with Crippen molar-refractivity contribution < 1.29 is 14.3 Å². The van der Waals surface area contributed by atoms with Gasteiger partial charge < -0.3 is 14.8 Å². The molecule has 0 aromatic carbocycles. The van der Waals surface area contributed by atoms with Gasteiger partial charge in [0.05, 0.1) is 6.10 Å². The molecule has 4 nitrogen and oxygen atoms in total.